The summed E-state index contributed by atoms with van der Waals surface area (Å²) in [6.45, 7) is 6.58. The predicted octanol–water partition coefficient (Wildman–Crippen LogP) is 23.7. The molecule has 0 saturated carbocycles. The molecule has 0 aliphatic rings. The lowest BCUT2D eigenvalue weighted by molar-refractivity contribution is -0.167. The minimum absolute atomic E-state index is 0.0648. The Balaban J connectivity index is 4.06. The van der Waals surface area contributed by atoms with Crippen LogP contribution < -0.4 is 0 Å². The van der Waals surface area contributed by atoms with Crippen molar-refractivity contribution in [2.24, 2.45) is 0 Å². The topological polar surface area (TPSA) is 78.9 Å². The van der Waals surface area contributed by atoms with E-state index in [0.29, 0.717) is 19.3 Å². The molecule has 1 unspecified atom stereocenters. The summed E-state index contributed by atoms with van der Waals surface area (Å²) in [5.74, 6) is -0.837. The van der Waals surface area contributed by atoms with Gasteiger partial charge in [-0.15, -0.1) is 0 Å². The van der Waals surface area contributed by atoms with Gasteiger partial charge >= 0.3 is 17.9 Å². The van der Waals surface area contributed by atoms with Crippen molar-refractivity contribution in [3.05, 3.63) is 48.6 Å². The van der Waals surface area contributed by atoms with E-state index >= 15 is 0 Å². The van der Waals surface area contributed by atoms with Crippen molar-refractivity contribution >= 4 is 17.9 Å². The molecule has 0 aromatic carbocycles. The highest BCUT2D eigenvalue weighted by Gasteiger charge is 2.19. The lowest BCUT2D eigenvalue weighted by atomic mass is 10.0. The van der Waals surface area contributed by atoms with Gasteiger partial charge in [-0.2, -0.15) is 0 Å². The summed E-state index contributed by atoms with van der Waals surface area (Å²) in [6, 6.07) is 0. The molecular formula is C72H132O6. The number of hydrogen-bond donors (Lipinski definition) is 0. The van der Waals surface area contributed by atoms with Crippen LogP contribution in [0.1, 0.15) is 374 Å². The molecule has 6 heteroatoms. The van der Waals surface area contributed by atoms with Crippen molar-refractivity contribution in [3.63, 3.8) is 0 Å². The van der Waals surface area contributed by atoms with Crippen LogP contribution in [0, 0.1) is 0 Å². The molecule has 0 saturated heterocycles. The van der Waals surface area contributed by atoms with Crippen molar-refractivity contribution in [1.82, 2.24) is 0 Å². The van der Waals surface area contributed by atoms with Crippen molar-refractivity contribution < 1.29 is 28.6 Å². The molecule has 456 valence electrons. The van der Waals surface area contributed by atoms with E-state index in [4.69, 9.17) is 14.2 Å². The van der Waals surface area contributed by atoms with Gasteiger partial charge in [-0.05, 0) is 57.8 Å². The molecule has 0 aliphatic heterocycles. The third-order valence-electron chi connectivity index (χ3n) is 15.6. The second-order valence-electron chi connectivity index (χ2n) is 23.4. The Morgan fingerprint density at radius 2 is 0.500 bits per heavy atom. The molecule has 0 N–H and O–H groups in total. The number of unbranched alkanes of at least 4 members (excludes halogenated alkanes) is 45. The van der Waals surface area contributed by atoms with E-state index in [9.17, 15) is 14.4 Å². The molecule has 1 atom stereocenters. The first kappa shape index (κ1) is 75.4. The standard InChI is InChI=1S/C72H132O6/c1-4-7-10-13-16-19-22-24-26-28-29-30-31-32-33-34-35-36-37-38-39-40-41-42-43-44-46-47-50-53-56-59-62-65-71(74)77-68-69(67-76-70(73)64-61-58-55-52-49-21-18-15-12-9-6-3)78-72(75)66-63-60-57-54-51-48-45-27-25-23-20-17-14-11-8-5-2/h7,10,16,19,24,26,29-30,69H,4-6,8-9,11-15,17-18,20-23,25,27-28,31-68H2,1-3H3/b10-7-,19-16-,26-24-,30-29-. The second kappa shape index (κ2) is 66.9. The van der Waals surface area contributed by atoms with E-state index in [2.05, 4.69) is 69.4 Å². The average molecular weight is 1090 g/mol. The quantitative estimate of drug-likeness (QED) is 0.0261. The molecule has 0 spiro atoms. The molecule has 0 aromatic rings. The lowest BCUT2D eigenvalue weighted by Crippen LogP contribution is -2.30. The number of allylic oxidation sites excluding steroid dienone is 8. The minimum Gasteiger partial charge on any atom is -0.462 e. The molecule has 0 amide bonds. The predicted molar refractivity (Wildman–Crippen MR) is 339 cm³/mol. The van der Waals surface area contributed by atoms with Gasteiger partial charge in [-0.1, -0.05) is 345 Å². The third-order valence-corrected chi connectivity index (χ3v) is 15.6. The number of esters is 3. The van der Waals surface area contributed by atoms with Crippen LogP contribution in [0.2, 0.25) is 0 Å². The molecule has 0 aromatic heterocycles. The molecule has 0 heterocycles. The highest BCUT2D eigenvalue weighted by molar-refractivity contribution is 5.71. The largest absolute Gasteiger partial charge is 0.462 e. The summed E-state index contributed by atoms with van der Waals surface area (Å²) >= 11 is 0. The van der Waals surface area contributed by atoms with Crippen LogP contribution in [0.15, 0.2) is 48.6 Å². The Morgan fingerprint density at radius 1 is 0.269 bits per heavy atom. The van der Waals surface area contributed by atoms with E-state index in [0.717, 1.165) is 83.5 Å². The van der Waals surface area contributed by atoms with Crippen LogP contribution in [0.3, 0.4) is 0 Å². The van der Waals surface area contributed by atoms with E-state index in [1.54, 1.807) is 0 Å². The number of ether oxygens (including phenoxy) is 3. The zero-order valence-electron chi connectivity index (χ0n) is 52.5. The van der Waals surface area contributed by atoms with E-state index in [1.165, 1.54) is 250 Å². The van der Waals surface area contributed by atoms with Crippen LogP contribution in [-0.4, -0.2) is 37.2 Å². The van der Waals surface area contributed by atoms with Gasteiger partial charge in [-0.3, -0.25) is 14.4 Å². The monoisotopic (exact) mass is 1090 g/mol. The minimum atomic E-state index is -0.766. The molecule has 78 heavy (non-hydrogen) atoms. The molecular weight excluding hydrogens is 961 g/mol. The fourth-order valence-electron chi connectivity index (χ4n) is 10.4. The van der Waals surface area contributed by atoms with Gasteiger partial charge in [0.1, 0.15) is 13.2 Å². The van der Waals surface area contributed by atoms with Crippen LogP contribution in [-0.2, 0) is 28.6 Å². The summed E-state index contributed by atoms with van der Waals surface area (Å²) in [6.07, 6.45) is 84.4. The van der Waals surface area contributed by atoms with Crippen LogP contribution in [0.4, 0.5) is 0 Å². The Labute approximate surface area is 486 Å². The average Bonchev–Trinajstić information content (AvgIpc) is 3.44. The van der Waals surface area contributed by atoms with Gasteiger partial charge in [-0.25, -0.2) is 0 Å². The summed E-state index contributed by atoms with van der Waals surface area (Å²) in [5.41, 5.74) is 0. The summed E-state index contributed by atoms with van der Waals surface area (Å²) in [4.78, 5) is 38.3. The number of hydrogen-bond acceptors (Lipinski definition) is 6. The molecule has 0 bridgehead atoms. The van der Waals surface area contributed by atoms with Gasteiger partial charge in [0, 0.05) is 19.3 Å². The van der Waals surface area contributed by atoms with Gasteiger partial charge in [0.2, 0.25) is 0 Å². The Bertz CT molecular complexity index is 1350. The maximum atomic E-state index is 12.9. The zero-order chi connectivity index (χ0) is 56.4. The fraction of sp³-hybridized carbons (Fsp3) is 0.847. The summed E-state index contributed by atoms with van der Waals surface area (Å²) < 4.78 is 16.9. The van der Waals surface area contributed by atoms with Crippen molar-refractivity contribution in [1.29, 1.82) is 0 Å². The normalized spacial score (nSPS) is 12.3. The van der Waals surface area contributed by atoms with Crippen molar-refractivity contribution in [3.8, 4) is 0 Å². The lowest BCUT2D eigenvalue weighted by Gasteiger charge is -2.18. The van der Waals surface area contributed by atoms with Crippen LogP contribution in [0.25, 0.3) is 0 Å². The maximum absolute atomic E-state index is 12.9. The van der Waals surface area contributed by atoms with Crippen molar-refractivity contribution in [2.75, 3.05) is 13.2 Å². The smallest absolute Gasteiger partial charge is 0.306 e. The molecule has 0 aliphatic carbocycles. The molecule has 0 radical (unpaired) electrons. The number of rotatable bonds is 64. The number of carbonyl (C=O) groups excluding carboxylic acids is 3. The Morgan fingerprint density at radius 3 is 0.782 bits per heavy atom. The van der Waals surface area contributed by atoms with Gasteiger partial charge in [0.25, 0.3) is 0 Å². The van der Waals surface area contributed by atoms with Crippen LogP contribution >= 0.6 is 0 Å². The van der Waals surface area contributed by atoms with E-state index in [1.807, 2.05) is 0 Å². The first-order chi connectivity index (χ1) is 38.5. The SMILES string of the molecule is CC/C=C\C/C=C\C/C=C\C/C=C\CCCCCCCCCCCCCCCCCCCCCCC(=O)OCC(COC(=O)CCCCCCCCCCCCC)OC(=O)CCCCCCCCCCCCCCCCCC. The molecule has 0 rings (SSSR count). The van der Waals surface area contributed by atoms with Crippen LogP contribution in [0.5, 0.6) is 0 Å². The first-order valence-corrected chi connectivity index (χ1v) is 34.6. The van der Waals surface area contributed by atoms with Gasteiger partial charge in [0.15, 0.2) is 6.10 Å². The zero-order valence-corrected chi connectivity index (χ0v) is 52.5. The summed E-state index contributed by atoms with van der Waals surface area (Å²) in [5, 5.41) is 0. The Kier molecular flexibility index (Phi) is 64.6. The highest BCUT2D eigenvalue weighted by Crippen LogP contribution is 2.18. The van der Waals surface area contributed by atoms with Gasteiger partial charge in [0.05, 0.1) is 0 Å². The first-order valence-electron chi connectivity index (χ1n) is 34.6. The van der Waals surface area contributed by atoms with Gasteiger partial charge < -0.3 is 14.2 Å². The molecule has 6 nitrogen and oxygen atoms in total. The third kappa shape index (κ3) is 64.2. The maximum Gasteiger partial charge on any atom is 0.306 e. The van der Waals surface area contributed by atoms with E-state index in [-0.39, 0.29) is 31.1 Å². The highest BCUT2D eigenvalue weighted by atomic mass is 16.6. The Hall–Kier alpha value is -2.63. The molecule has 0 fully saturated rings. The summed E-state index contributed by atoms with van der Waals surface area (Å²) in [7, 11) is 0. The fourth-order valence-corrected chi connectivity index (χ4v) is 10.4. The number of carbonyl (C=O) groups is 3. The van der Waals surface area contributed by atoms with Crippen molar-refractivity contribution in [2.45, 2.75) is 380 Å². The van der Waals surface area contributed by atoms with E-state index < -0.39 is 6.10 Å². The second-order valence-corrected chi connectivity index (χ2v) is 23.4.